The second kappa shape index (κ2) is 6.80. The van der Waals surface area contributed by atoms with Crippen molar-refractivity contribution < 1.29 is 9.90 Å². The van der Waals surface area contributed by atoms with Gasteiger partial charge in [-0.1, -0.05) is 11.6 Å². The predicted octanol–water partition coefficient (Wildman–Crippen LogP) is 2.71. The third kappa shape index (κ3) is 3.87. The van der Waals surface area contributed by atoms with Gasteiger partial charge in [0.15, 0.2) is 0 Å². The van der Waals surface area contributed by atoms with Crippen LogP contribution in [0.2, 0.25) is 5.02 Å². The van der Waals surface area contributed by atoms with Crippen LogP contribution in [0.3, 0.4) is 0 Å². The zero-order valence-electron chi connectivity index (χ0n) is 13.7. The molecule has 4 nitrogen and oxygen atoms in total. The van der Waals surface area contributed by atoms with E-state index in [0.29, 0.717) is 30.2 Å². The van der Waals surface area contributed by atoms with Crippen molar-refractivity contribution in [2.75, 3.05) is 32.7 Å². The molecule has 0 bridgehead atoms. The molecule has 126 valence electrons. The molecule has 1 atom stereocenters. The molecule has 2 aliphatic heterocycles. The molecule has 2 heterocycles. The minimum atomic E-state index is -0.778. The fraction of sp³-hybridized carbons (Fsp3) is 0.611. The molecular formula is C18H25ClN2O2. The van der Waals surface area contributed by atoms with Crippen molar-refractivity contribution in [2.24, 2.45) is 0 Å². The summed E-state index contributed by atoms with van der Waals surface area (Å²) in [4.78, 5) is 16.9. The highest BCUT2D eigenvalue weighted by atomic mass is 35.5. The van der Waals surface area contributed by atoms with Crippen LogP contribution in [-0.2, 0) is 0 Å². The van der Waals surface area contributed by atoms with E-state index in [1.54, 1.807) is 17.0 Å². The molecular weight excluding hydrogens is 312 g/mol. The number of hydrogen-bond acceptors (Lipinski definition) is 3. The van der Waals surface area contributed by atoms with E-state index in [1.165, 1.54) is 12.8 Å². The summed E-state index contributed by atoms with van der Waals surface area (Å²) in [6, 6.07) is 5.37. The third-order valence-electron chi connectivity index (χ3n) is 4.96. The summed E-state index contributed by atoms with van der Waals surface area (Å²) >= 11 is 6.04. The second-order valence-corrected chi connectivity index (χ2v) is 7.41. The topological polar surface area (TPSA) is 43.8 Å². The van der Waals surface area contributed by atoms with Crippen molar-refractivity contribution in [1.29, 1.82) is 0 Å². The van der Waals surface area contributed by atoms with Crippen LogP contribution in [0.1, 0.15) is 41.6 Å². The SMILES string of the molecule is Cc1cc(C(=O)N2CCCC(O)(CN3CCCC3)C2)ccc1Cl. The first kappa shape index (κ1) is 16.7. The zero-order chi connectivity index (χ0) is 16.4. The molecule has 0 radical (unpaired) electrons. The van der Waals surface area contributed by atoms with Crippen LogP contribution in [0.5, 0.6) is 0 Å². The summed E-state index contributed by atoms with van der Waals surface area (Å²) in [6.07, 6.45) is 4.04. The number of halogens is 1. The maximum absolute atomic E-state index is 12.7. The smallest absolute Gasteiger partial charge is 0.253 e. The summed E-state index contributed by atoms with van der Waals surface area (Å²) in [5, 5.41) is 11.6. The lowest BCUT2D eigenvalue weighted by Crippen LogP contribution is -2.55. The largest absolute Gasteiger partial charge is 0.387 e. The third-order valence-corrected chi connectivity index (χ3v) is 5.39. The van der Waals surface area contributed by atoms with Gasteiger partial charge < -0.3 is 14.9 Å². The molecule has 0 aliphatic carbocycles. The minimum Gasteiger partial charge on any atom is -0.387 e. The van der Waals surface area contributed by atoms with Gasteiger partial charge >= 0.3 is 0 Å². The maximum atomic E-state index is 12.7. The number of rotatable bonds is 3. The Hall–Kier alpha value is -1.10. The molecule has 1 aromatic carbocycles. The number of likely N-dealkylation sites (tertiary alicyclic amines) is 2. The summed E-state index contributed by atoms with van der Waals surface area (Å²) in [6.45, 7) is 5.83. The Balaban J connectivity index is 1.69. The first-order valence-corrected chi connectivity index (χ1v) is 8.85. The molecule has 0 saturated carbocycles. The van der Waals surface area contributed by atoms with Crippen molar-refractivity contribution in [3.63, 3.8) is 0 Å². The van der Waals surface area contributed by atoms with Gasteiger partial charge in [0.2, 0.25) is 0 Å². The number of carbonyl (C=O) groups excluding carboxylic acids is 1. The van der Waals surface area contributed by atoms with Gasteiger partial charge in [-0.2, -0.15) is 0 Å². The van der Waals surface area contributed by atoms with Crippen LogP contribution in [0, 0.1) is 6.92 Å². The highest BCUT2D eigenvalue weighted by molar-refractivity contribution is 6.31. The lowest BCUT2D eigenvalue weighted by molar-refractivity contribution is -0.0431. The number of piperidine rings is 1. The number of amides is 1. The van der Waals surface area contributed by atoms with Gasteiger partial charge in [0.05, 0.1) is 12.1 Å². The molecule has 1 N–H and O–H groups in total. The van der Waals surface area contributed by atoms with Crippen LogP contribution in [0.4, 0.5) is 0 Å². The lowest BCUT2D eigenvalue weighted by Gasteiger charge is -2.41. The average molecular weight is 337 g/mol. The van der Waals surface area contributed by atoms with Gasteiger partial charge in [-0.3, -0.25) is 4.79 Å². The van der Waals surface area contributed by atoms with E-state index in [-0.39, 0.29) is 5.91 Å². The number of hydrogen-bond donors (Lipinski definition) is 1. The van der Waals surface area contributed by atoms with Gasteiger partial charge in [0.25, 0.3) is 5.91 Å². The summed E-state index contributed by atoms with van der Waals surface area (Å²) in [5.74, 6) is -0.00989. The van der Waals surface area contributed by atoms with E-state index in [1.807, 2.05) is 13.0 Å². The van der Waals surface area contributed by atoms with Crippen LogP contribution >= 0.6 is 11.6 Å². The van der Waals surface area contributed by atoms with Crippen molar-refractivity contribution in [1.82, 2.24) is 9.80 Å². The van der Waals surface area contributed by atoms with Crippen molar-refractivity contribution >= 4 is 17.5 Å². The van der Waals surface area contributed by atoms with Crippen molar-refractivity contribution in [3.05, 3.63) is 34.3 Å². The fourth-order valence-electron chi connectivity index (χ4n) is 3.73. The van der Waals surface area contributed by atoms with E-state index < -0.39 is 5.60 Å². The highest BCUT2D eigenvalue weighted by Gasteiger charge is 2.37. The molecule has 3 rings (SSSR count). The van der Waals surface area contributed by atoms with E-state index >= 15 is 0 Å². The molecule has 2 saturated heterocycles. The number of carbonyl (C=O) groups is 1. The number of nitrogens with zero attached hydrogens (tertiary/aromatic N) is 2. The Labute approximate surface area is 143 Å². The highest BCUT2D eigenvalue weighted by Crippen LogP contribution is 2.26. The van der Waals surface area contributed by atoms with E-state index in [2.05, 4.69) is 4.90 Å². The van der Waals surface area contributed by atoms with Crippen LogP contribution in [0.25, 0.3) is 0 Å². The Morgan fingerprint density at radius 2 is 2.00 bits per heavy atom. The lowest BCUT2D eigenvalue weighted by atomic mass is 9.91. The molecule has 2 fully saturated rings. The molecule has 1 aromatic rings. The average Bonchev–Trinajstić information content (AvgIpc) is 3.01. The fourth-order valence-corrected chi connectivity index (χ4v) is 3.85. The number of aryl methyl sites for hydroxylation is 1. The van der Waals surface area contributed by atoms with Crippen LogP contribution in [-0.4, -0.2) is 59.1 Å². The van der Waals surface area contributed by atoms with E-state index in [0.717, 1.165) is 31.5 Å². The Morgan fingerprint density at radius 1 is 1.26 bits per heavy atom. The molecule has 0 spiro atoms. The Morgan fingerprint density at radius 3 is 2.70 bits per heavy atom. The van der Waals surface area contributed by atoms with Gasteiger partial charge in [0, 0.05) is 23.7 Å². The van der Waals surface area contributed by atoms with E-state index in [9.17, 15) is 9.90 Å². The first-order chi connectivity index (χ1) is 11.0. The normalized spacial score (nSPS) is 25.8. The number of β-amino-alcohol motifs (C(OH)–C–C–N with tert-alkyl or cyclic N) is 1. The molecule has 1 amide bonds. The molecule has 0 aromatic heterocycles. The monoisotopic (exact) mass is 336 g/mol. The molecule has 2 aliphatic rings. The number of benzene rings is 1. The summed E-state index contributed by atoms with van der Waals surface area (Å²) in [5.41, 5.74) is 0.777. The minimum absolute atomic E-state index is 0.00989. The van der Waals surface area contributed by atoms with Crippen LogP contribution < -0.4 is 0 Å². The Kier molecular flexibility index (Phi) is 4.95. The van der Waals surface area contributed by atoms with Crippen molar-refractivity contribution in [2.45, 2.75) is 38.2 Å². The molecule has 1 unspecified atom stereocenters. The number of aliphatic hydroxyl groups is 1. The van der Waals surface area contributed by atoms with Gasteiger partial charge in [-0.15, -0.1) is 0 Å². The molecule has 5 heteroatoms. The van der Waals surface area contributed by atoms with Gasteiger partial charge in [0.1, 0.15) is 0 Å². The quantitative estimate of drug-likeness (QED) is 0.923. The first-order valence-electron chi connectivity index (χ1n) is 8.47. The Bertz CT molecular complexity index is 586. The summed E-state index contributed by atoms with van der Waals surface area (Å²) in [7, 11) is 0. The second-order valence-electron chi connectivity index (χ2n) is 7.00. The molecule has 23 heavy (non-hydrogen) atoms. The standard InChI is InChI=1S/C18H25ClN2O2/c1-14-11-15(5-6-16(14)19)17(22)21-10-4-7-18(23,13-21)12-20-8-2-3-9-20/h5-6,11,23H,2-4,7-10,12-13H2,1H3. The van der Waals surface area contributed by atoms with Gasteiger partial charge in [-0.25, -0.2) is 0 Å². The predicted molar refractivity (Wildman–Crippen MR) is 92.0 cm³/mol. The van der Waals surface area contributed by atoms with Crippen molar-refractivity contribution in [3.8, 4) is 0 Å². The maximum Gasteiger partial charge on any atom is 0.253 e. The summed E-state index contributed by atoms with van der Waals surface area (Å²) < 4.78 is 0. The van der Waals surface area contributed by atoms with Gasteiger partial charge in [-0.05, 0) is 69.5 Å². The van der Waals surface area contributed by atoms with E-state index in [4.69, 9.17) is 11.6 Å². The zero-order valence-corrected chi connectivity index (χ0v) is 14.5. The van der Waals surface area contributed by atoms with Crippen LogP contribution in [0.15, 0.2) is 18.2 Å².